The Hall–Kier alpha value is 1.38. The topological polar surface area (TPSA) is 27.5 Å². The third-order valence-electron chi connectivity index (χ3n) is 0. The van der Waals surface area contributed by atoms with Crippen molar-refractivity contribution in [3.8, 4) is 0 Å². The van der Waals surface area contributed by atoms with Crippen LogP contribution in [0.15, 0.2) is 0 Å². The monoisotopic (exact) mass is 331 g/mol. The molecule has 0 amide bonds. The Kier molecular flexibility index (Phi) is 35.3. The van der Waals surface area contributed by atoms with Gasteiger partial charge in [0.05, 0.1) is 14.1 Å². The molecule has 0 saturated heterocycles. The van der Waals surface area contributed by atoms with Crippen LogP contribution >= 0.6 is 37.2 Å². The van der Waals surface area contributed by atoms with Crippen molar-refractivity contribution >= 4 is 37.2 Å². The van der Waals surface area contributed by atoms with Gasteiger partial charge in [0.2, 0.25) is 0 Å². The summed E-state index contributed by atoms with van der Waals surface area (Å²) >= 11 is 4.24. The van der Waals surface area contributed by atoms with Crippen molar-refractivity contribution in [1.82, 2.24) is 0 Å². The predicted molar refractivity (Wildman–Crippen MR) is 50.9 cm³/mol. The highest BCUT2D eigenvalue weighted by Gasteiger charge is 1.49. The predicted octanol–water partition coefficient (Wildman–Crippen LogP) is 1.04. The van der Waals surface area contributed by atoms with E-state index in [1.54, 1.807) is 0 Å². The molecule has 0 atom stereocenters. The fraction of sp³-hybridized carbons (Fsp3) is 1.00. The van der Waals surface area contributed by atoms with Crippen molar-refractivity contribution in [2.24, 2.45) is 0 Å². The smallest absolute Gasteiger partial charge is 0.0660 e. The van der Waals surface area contributed by atoms with Gasteiger partial charge in [0.25, 0.3) is 0 Å². The highest BCUT2D eigenvalue weighted by Crippen LogP contribution is 1.89. The van der Waals surface area contributed by atoms with Crippen LogP contribution in [-0.4, -0.2) is 14.1 Å². The van der Waals surface area contributed by atoms with E-state index in [1.165, 1.54) is 14.1 Å². The van der Waals surface area contributed by atoms with Crippen LogP contribution in [0.3, 0.4) is 0 Å². The summed E-state index contributed by atoms with van der Waals surface area (Å²) in [6.45, 7) is 0. The maximum Gasteiger partial charge on any atom is 0.0660 e. The van der Waals surface area contributed by atoms with Gasteiger partial charge in [0, 0.05) is 37.2 Å². The minimum atomic E-state index is 0. The van der Waals surface area contributed by atoms with Gasteiger partial charge >= 0.3 is 0 Å². The molecule has 0 saturated carbocycles. The Morgan fingerprint density at radius 1 is 1.29 bits per heavy atom. The lowest BCUT2D eigenvalue weighted by Gasteiger charge is -2.04. The normalized spacial score (nSPS) is 6.00. The van der Waals surface area contributed by atoms with Crippen molar-refractivity contribution in [2.75, 3.05) is 14.1 Å². The maximum atomic E-state index is 9.44. The van der Waals surface area contributed by atoms with Crippen LogP contribution in [0.25, 0.3) is 0 Å². The molecule has 0 aliphatic heterocycles. The van der Waals surface area contributed by atoms with E-state index in [2.05, 4.69) is 37.2 Å². The summed E-state index contributed by atoms with van der Waals surface area (Å²) in [6, 6.07) is 0. The summed E-state index contributed by atoms with van der Waals surface area (Å²) in [4.78, 5) is 0. The molecule has 0 aromatic rings. The molecule has 2 nitrogen and oxygen atoms in total. The van der Waals surface area contributed by atoms with Crippen LogP contribution < -0.4 is 5.06 Å². The van der Waals surface area contributed by atoms with Gasteiger partial charge in [0.15, 0.2) is 0 Å². The summed E-state index contributed by atoms with van der Waals surface area (Å²) in [5.41, 5.74) is 0. The molecule has 0 aliphatic rings. The van der Waals surface area contributed by atoms with Crippen molar-refractivity contribution in [2.45, 2.75) is 7.43 Å². The van der Waals surface area contributed by atoms with E-state index >= 15 is 0 Å². The lowest BCUT2D eigenvalue weighted by molar-refractivity contribution is -0.802. The molecule has 4 heteroatoms. The molecule has 1 N–H and O–H groups in total. The molecule has 0 unspecified atom stereocenters. The average molecular weight is 331 g/mol. The second-order valence-electron chi connectivity index (χ2n) is 0.908. The summed E-state index contributed by atoms with van der Waals surface area (Å²) in [5, 5.41) is 9.61. The first-order chi connectivity index (χ1) is 2.73. The van der Waals surface area contributed by atoms with E-state index in [-0.39, 0.29) is 12.5 Å². The van der Waals surface area contributed by atoms with E-state index in [9.17, 15) is 5.21 Å². The standard InChI is InChI=1S/C2H7NO.CH4.I2/c1-3(2)4;;1-2/h3H,1-2H3;1H4;. The van der Waals surface area contributed by atoms with E-state index < -0.39 is 0 Å². The fourth-order valence-electron chi connectivity index (χ4n) is 0. The number of hydroxylamine groups is 2. The third-order valence-corrected chi connectivity index (χ3v) is 0. The maximum absolute atomic E-state index is 9.44. The Labute approximate surface area is 68.5 Å². The molecule has 0 fully saturated rings. The van der Waals surface area contributed by atoms with Crippen LogP contribution in [0.1, 0.15) is 7.43 Å². The van der Waals surface area contributed by atoms with Crippen LogP contribution in [0.2, 0.25) is 0 Å². The van der Waals surface area contributed by atoms with Gasteiger partial charge in [-0.25, -0.2) is 0 Å². The first-order valence-electron chi connectivity index (χ1n) is 1.35. The molecule has 0 spiro atoms. The molecular formula is C3H11I2NO. The minimum Gasteiger partial charge on any atom is -0.635 e. The largest absolute Gasteiger partial charge is 0.635 e. The zero-order valence-corrected chi connectivity index (χ0v) is 7.98. The van der Waals surface area contributed by atoms with Crippen molar-refractivity contribution in [3.05, 3.63) is 5.21 Å². The molecule has 0 rings (SSSR count). The van der Waals surface area contributed by atoms with Gasteiger partial charge in [0.1, 0.15) is 0 Å². The van der Waals surface area contributed by atoms with E-state index in [0.717, 1.165) is 0 Å². The minimum absolute atomic E-state index is 0. The van der Waals surface area contributed by atoms with Crippen LogP contribution in [0.5, 0.6) is 0 Å². The molecule has 0 aromatic heterocycles. The highest BCUT2D eigenvalue weighted by atomic mass is 128. The Bertz CT molecular complexity index is 17.7. The second kappa shape index (κ2) is 15.7. The molecule has 0 bridgehead atoms. The number of nitrogens with one attached hydrogen (secondary N) is 1. The number of quaternary nitrogens is 1. The van der Waals surface area contributed by atoms with Crippen molar-refractivity contribution < 1.29 is 5.06 Å². The molecule has 0 aliphatic carbocycles. The molecule has 0 aromatic carbocycles. The van der Waals surface area contributed by atoms with Crippen LogP contribution in [-0.2, 0) is 0 Å². The number of halogens is 2. The summed E-state index contributed by atoms with van der Waals surface area (Å²) in [6.07, 6.45) is 0. The van der Waals surface area contributed by atoms with E-state index in [4.69, 9.17) is 0 Å². The van der Waals surface area contributed by atoms with Crippen molar-refractivity contribution in [1.29, 1.82) is 0 Å². The average Bonchev–Trinajstić information content (AvgIpc) is 1.41. The SMILES string of the molecule is C.C[NH+](C)[O-].II. The number of hydrogen-bond acceptors (Lipinski definition) is 1. The summed E-state index contributed by atoms with van der Waals surface area (Å²) in [5.74, 6) is 0. The quantitative estimate of drug-likeness (QED) is 0.521. The van der Waals surface area contributed by atoms with E-state index in [0.29, 0.717) is 0 Å². The summed E-state index contributed by atoms with van der Waals surface area (Å²) in [7, 11) is 3.06. The zero-order valence-electron chi connectivity index (χ0n) is 3.66. The van der Waals surface area contributed by atoms with Crippen LogP contribution in [0.4, 0.5) is 0 Å². The van der Waals surface area contributed by atoms with Gasteiger partial charge < -0.3 is 10.3 Å². The van der Waals surface area contributed by atoms with Gasteiger partial charge in [-0.05, 0) is 0 Å². The first-order valence-corrected chi connectivity index (χ1v) is 7.63. The fourth-order valence-corrected chi connectivity index (χ4v) is 0. The molecule has 0 radical (unpaired) electrons. The lowest BCUT2D eigenvalue weighted by atomic mass is 11.2. The Morgan fingerprint density at radius 3 is 1.29 bits per heavy atom. The van der Waals surface area contributed by atoms with Crippen LogP contribution in [0, 0.1) is 5.21 Å². The van der Waals surface area contributed by atoms with Crippen molar-refractivity contribution in [3.63, 3.8) is 0 Å². The summed E-state index contributed by atoms with van der Waals surface area (Å²) < 4.78 is 0. The number of rotatable bonds is 0. The van der Waals surface area contributed by atoms with Gasteiger partial charge in [-0.1, -0.05) is 7.43 Å². The Balaban J connectivity index is -0.0000000480. The van der Waals surface area contributed by atoms with Gasteiger partial charge in [-0.3, -0.25) is 0 Å². The highest BCUT2D eigenvalue weighted by molar-refractivity contribution is 15.0. The first kappa shape index (κ1) is 15.8. The molecule has 0 heterocycles. The van der Waals surface area contributed by atoms with Gasteiger partial charge in [-0.2, -0.15) is 0 Å². The van der Waals surface area contributed by atoms with E-state index in [1.807, 2.05) is 0 Å². The Morgan fingerprint density at radius 2 is 1.29 bits per heavy atom. The zero-order chi connectivity index (χ0) is 5.58. The number of hydrogen-bond donors (Lipinski definition) is 1. The molecule has 48 valence electrons. The molecular weight excluding hydrogens is 320 g/mol. The molecule has 7 heavy (non-hydrogen) atoms. The third kappa shape index (κ3) is 112. The van der Waals surface area contributed by atoms with Gasteiger partial charge in [-0.15, -0.1) is 0 Å². The second-order valence-corrected chi connectivity index (χ2v) is 0.908. The lowest BCUT2D eigenvalue weighted by Crippen LogP contribution is -3.00.